The van der Waals surface area contributed by atoms with Gasteiger partial charge in [0.15, 0.2) is 0 Å². The molecule has 1 rings (SSSR count). The molecule has 20 heavy (non-hydrogen) atoms. The van der Waals surface area contributed by atoms with Crippen molar-refractivity contribution in [1.29, 1.82) is 0 Å². The summed E-state index contributed by atoms with van der Waals surface area (Å²) < 4.78 is 43.4. The van der Waals surface area contributed by atoms with E-state index < -0.39 is 11.7 Å². The molecule has 0 fully saturated rings. The van der Waals surface area contributed by atoms with Crippen LogP contribution >= 0.6 is 11.6 Å². The lowest BCUT2D eigenvalue weighted by Gasteiger charge is -2.23. The number of nitrogens with one attached hydrogen (secondary N) is 1. The van der Waals surface area contributed by atoms with Gasteiger partial charge in [0.25, 0.3) is 0 Å². The molecule has 1 N–H and O–H groups in total. The average Bonchev–Trinajstić information content (AvgIpc) is 2.32. The Morgan fingerprint density at radius 3 is 2.50 bits per heavy atom. The third-order valence-electron chi connectivity index (χ3n) is 2.76. The van der Waals surface area contributed by atoms with Crippen LogP contribution in [0.25, 0.3) is 0 Å². The van der Waals surface area contributed by atoms with Crippen LogP contribution in [0.3, 0.4) is 0 Å². The lowest BCUT2D eigenvalue weighted by molar-refractivity contribution is -0.137. The molecular formula is C13H18ClF3N2O. The minimum Gasteiger partial charge on any atom is -0.380 e. The van der Waals surface area contributed by atoms with E-state index in [1.807, 2.05) is 20.8 Å². The Kier molecular flexibility index (Phi) is 6.07. The van der Waals surface area contributed by atoms with Gasteiger partial charge < -0.3 is 10.1 Å². The van der Waals surface area contributed by atoms with Crippen molar-refractivity contribution in [1.82, 2.24) is 4.98 Å². The van der Waals surface area contributed by atoms with Crippen LogP contribution < -0.4 is 5.32 Å². The summed E-state index contributed by atoms with van der Waals surface area (Å²) in [5, 5.41) is 2.75. The van der Waals surface area contributed by atoms with Gasteiger partial charge >= 0.3 is 6.18 Å². The number of rotatable bonds is 6. The first-order valence-corrected chi connectivity index (χ1v) is 6.71. The second kappa shape index (κ2) is 7.13. The fourth-order valence-corrected chi connectivity index (χ4v) is 1.78. The van der Waals surface area contributed by atoms with Gasteiger partial charge in [-0.25, -0.2) is 4.98 Å². The summed E-state index contributed by atoms with van der Waals surface area (Å²) in [7, 11) is 0. The van der Waals surface area contributed by atoms with Crippen LogP contribution in [0, 0.1) is 5.92 Å². The zero-order valence-corrected chi connectivity index (χ0v) is 12.3. The number of aromatic nitrogens is 1. The van der Waals surface area contributed by atoms with Crippen molar-refractivity contribution in [2.24, 2.45) is 5.92 Å². The number of nitrogens with zero attached hydrogens (tertiary/aromatic N) is 1. The van der Waals surface area contributed by atoms with Gasteiger partial charge in [-0.05, 0) is 25.0 Å². The largest absolute Gasteiger partial charge is 0.416 e. The van der Waals surface area contributed by atoms with Gasteiger partial charge in [-0.1, -0.05) is 25.4 Å². The molecule has 1 heterocycles. The average molecular weight is 311 g/mol. The molecule has 3 nitrogen and oxygen atoms in total. The monoisotopic (exact) mass is 310 g/mol. The van der Waals surface area contributed by atoms with Crippen LogP contribution in [0.4, 0.5) is 19.0 Å². The van der Waals surface area contributed by atoms with Crippen LogP contribution in [0.15, 0.2) is 12.1 Å². The molecule has 1 unspecified atom stereocenters. The predicted octanol–water partition coefficient (Wildman–Crippen LogP) is 4.23. The zero-order chi connectivity index (χ0) is 15.3. The summed E-state index contributed by atoms with van der Waals surface area (Å²) in [5.41, 5.74) is -0.820. The quantitative estimate of drug-likeness (QED) is 0.799. The fourth-order valence-electron chi connectivity index (χ4n) is 1.57. The Labute approximate surface area is 121 Å². The van der Waals surface area contributed by atoms with Crippen molar-refractivity contribution < 1.29 is 17.9 Å². The minimum atomic E-state index is -4.45. The Morgan fingerprint density at radius 1 is 1.35 bits per heavy atom. The van der Waals surface area contributed by atoms with E-state index in [1.54, 1.807) is 0 Å². The van der Waals surface area contributed by atoms with Crippen molar-refractivity contribution in [2.75, 3.05) is 18.5 Å². The topological polar surface area (TPSA) is 34.1 Å². The summed E-state index contributed by atoms with van der Waals surface area (Å²) in [5.74, 6) is 0.278. The molecule has 114 valence electrons. The molecule has 0 saturated carbocycles. The highest BCUT2D eigenvalue weighted by Crippen LogP contribution is 2.32. The first-order chi connectivity index (χ1) is 9.24. The Hall–Kier alpha value is -1.01. The smallest absolute Gasteiger partial charge is 0.380 e. The number of alkyl halides is 3. The van der Waals surface area contributed by atoms with Crippen LogP contribution in [0.2, 0.25) is 5.15 Å². The van der Waals surface area contributed by atoms with E-state index in [4.69, 9.17) is 16.3 Å². The van der Waals surface area contributed by atoms with Crippen LogP contribution in [-0.4, -0.2) is 24.2 Å². The predicted molar refractivity (Wildman–Crippen MR) is 73.0 cm³/mol. The van der Waals surface area contributed by atoms with Crippen molar-refractivity contribution in [2.45, 2.75) is 33.0 Å². The highest BCUT2D eigenvalue weighted by Gasteiger charge is 2.31. The van der Waals surface area contributed by atoms with Crippen molar-refractivity contribution in [3.05, 3.63) is 22.8 Å². The SMILES string of the molecule is CCOCC(Nc1cc(C(F)(F)F)cc(Cl)n1)C(C)C. The number of pyridine rings is 1. The summed E-state index contributed by atoms with van der Waals surface area (Å²) in [6, 6.07) is 1.62. The number of ether oxygens (including phenoxy) is 1. The maximum atomic E-state index is 12.7. The molecule has 0 spiro atoms. The number of halogens is 4. The van der Waals surface area contributed by atoms with Crippen LogP contribution in [0.5, 0.6) is 0 Å². The van der Waals surface area contributed by atoms with Gasteiger partial charge in [-0.3, -0.25) is 0 Å². The molecule has 1 atom stereocenters. The Bertz CT molecular complexity index is 438. The van der Waals surface area contributed by atoms with Crippen LogP contribution in [-0.2, 0) is 10.9 Å². The molecule has 0 saturated heterocycles. The fraction of sp³-hybridized carbons (Fsp3) is 0.615. The molecule has 0 radical (unpaired) electrons. The summed E-state index contributed by atoms with van der Waals surface area (Å²) in [6.45, 7) is 6.69. The molecule has 0 aromatic carbocycles. The first kappa shape index (κ1) is 17.0. The summed E-state index contributed by atoms with van der Waals surface area (Å²) in [4.78, 5) is 3.88. The lowest BCUT2D eigenvalue weighted by Crippen LogP contribution is -2.31. The second-order valence-corrected chi connectivity index (χ2v) is 5.10. The highest BCUT2D eigenvalue weighted by molar-refractivity contribution is 6.29. The van der Waals surface area contributed by atoms with Gasteiger partial charge in [-0.2, -0.15) is 13.2 Å². The maximum absolute atomic E-state index is 12.7. The van der Waals surface area contributed by atoms with Gasteiger partial charge in [0.1, 0.15) is 11.0 Å². The Balaban J connectivity index is 2.92. The van der Waals surface area contributed by atoms with E-state index in [9.17, 15) is 13.2 Å². The van der Waals surface area contributed by atoms with Crippen molar-refractivity contribution in [3.63, 3.8) is 0 Å². The molecule has 0 aliphatic carbocycles. The second-order valence-electron chi connectivity index (χ2n) is 4.72. The summed E-state index contributed by atoms with van der Waals surface area (Å²) in [6.07, 6.45) is -4.45. The number of anilines is 1. The molecule has 0 bridgehead atoms. The van der Waals surface area contributed by atoms with E-state index in [-0.39, 0.29) is 22.9 Å². The van der Waals surface area contributed by atoms with E-state index in [0.717, 1.165) is 12.1 Å². The molecule has 1 aromatic heterocycles. The van der Waals surface area contributed by atoms with E-state index >= 15 is 0 Å². The van der Waals surface area contributed by atoms with Gasteiger partial charge in [0.2, 0.25) is 0 Å². The molecular weight excluding hydrogens is 293 g/mol. The standard InChI is InChI=1S/C13H18ClF3N2O/c1-4-20-7-10(8(2)3)18-12-6-9(13(15,16)17)5-11(14)19-12/h5-6,8,10H,4,7H2,1-3H3,(H,18,19). The normalized spacial score (nSPS) is 13.6. The van der Waals surface area contributed by atoms with E-state index in [2.05, 4.69) is 10.3 Å². The van der Waals surface area contributed by atoms with Crippen molar-refractivity contribution in [3.8, 4) is 0 Å². The third-order valence-corrected chi connectivity index (χ3v) is 2.95. The minimum absolute atomic E-state index is 0.100. The number of hydrogen-bond donors (Lipinski definition) is 1. The molecule has 1 aromatic rings. The summed E-state index contributed by atoms with van der Waals surface area (Å²) >= 11 is 5.64. The molecule has 7 heteroatoms. The molecule has 0 aliphatic heterocycles. The molecule has 0 aliphatic rings. The van der Waals surface area contributed by atoms with Crippen LogP contribution in [0.1, 0.15) is 26.3 Å². The maximum Gasteiger partial charge on any atom is 0.416 e. The lowest BCUT2D eigenvalue weighted by atomic mass is 10.1. The molecule has 0 amide bonds. The number of hydrogen-bond acceptors (Lipinski definition) is 3. The zero-order valence-electron chi connectivity index (χ0n) is 11.6. The van der Waals surface area contributed by atoms with E-state index in [0.29, 0.717) is 13.2 Å². The van der Waals surface area contributed by atoms with Gasteiger partial charge in [-0.15, -0.1) is 0 Å². The van der Waals surface area contributed by atoms with Crippen molar-refractivity contribution >= 4 is 17.4 Å². The van der Waals surface area contributed by atoms with E-state index in [1.165, 1.54) is 0 Å². The highest BCUT2D eigenvalue weighted by atomic mass is 35.5. The third kappa shape index (κ3) is 5.17. The Morgan fingerprint density at radius 2 is 2.00 bits per heavy atom. The van der Waals surface area contributed by atoms with Gasteiger partial charge in [0.05, 0.1) is 18.2 Å². The first-order valence-electron chi connectivity index (χ1n) is 6.33. The van der Waals surface area contributed by atoms with Gasteiger partial charge in [0, 0.05) is 6.61 Å².